The van der Waals surface area contributed by atoms with Crippen LogP contribution in [0.25, 0.3) is 0 Å². The molecule has 0 radical (unpaired) electrons. The van der Waals surface area contributed by atoms with Crippen molar-refractivity contribution in [2.24, 2.45) is 5.92 Å². The molecule has 5 nitrogen and oxygen atoms in total. The Kier molecular flexibility index (Phi) is 5.59. The summed E-state index contributed by atoms with van der Waals surface area (Å²) in [5, 5.41) is 21.0. The normalized spacial score (nSPS) is 41.0. The molecule has 0 spiro atoms. The summed E-state index contributed by atoms with van der Waals surface area (Å²) in [5.74, 6) is -0.574. The number of ether oxygens (including phenoxy) is 1. The Morgan fingerprint density at radius 1 is 1.04 bits per heavy atom. The minimum absolute atomic E-state index is 0.0697. The van der Waals surface area contributed by atoms with Gasteiger partial charge in [-0.1, -0.05) is 26.0 Å². The third-order valence-corrected chi connectivity index (χ3v) is 5.51. The second kappa shape index (κ2) is 7.04. The largest absolute Gasteiger partial charge is 0.451 e. The fraction of sp³-hybridized carbons (Fsp3) is 0.700. The van der Waals surface area contributed by atoms with Gasteiger partial charge in [0.25, 0.3) is 0 Å². The number of allylic oxidation sites excluding steroid dienone is 1. The summed E-state index contributed by atoms with van der Waals surface area (Å²) in [7, 11) is 0. The van der Waals surface area contributed by atoms with Crippen molar-refractivity contribution in [3.63, 3.8) is 0 Å². The Labute approximate surface area is 149 Å². The average molecular weight is 350 g/mol. The molecule has 0 saturated carbocycles. The van der Waals surface area contributed by atoms with Crippen molar-refractivity contribution in [1.82, 2.24) is 0 Å². The molecule has 3 aliphatic rings. The highest BCUT2D eigenvalue weighted by molar-refractivity contribution is 5.90. The fourth-order valence-corrected chi connectivity index (χ4v) is 3.33. The topological polar surface area (TPSA) is 83.8 Å². The van der Waals surface area contributed by atoms with E-state index in [2.05, 4.69) is 0 Å². The molecule has 1 saturated heterocycles. The van der Waals surface area contributed by atoms with Crippen molar-refractivity contribution < 1.29 is 24.5 Å². The first-order chi connectivity index (χ1) is 11.5. The van der Waals surface area contributed by atoms with Crippen molar-refractivity contribution in [2.45, 2.75) is 83.0 Å². The molecule has 2 bridgehead atoms. The predicted molar refractivity (Wildman–Crippen MR) is 94.8 cm³/mol. The molecule has 0 aromatic carbocycles. The summed E-state index contributed by atoms with van der Waals surface area (Å²) in [6.45, 7) is 7.10. The van der Waals surface area contributed by atoms with E-state index in [1.165, 1.54) is 6.92 Å². The van der Waals surface area contributed by atoms with Gasteiger partial charge in [0.15, 0.2) is 5.78 Å². The van der Waals surface area contributed by atoms with Crippen LogP contribution in [-0.4, -0.2) is 38.8 Å². The van der Waals surface area contributed by atoms with Gasteiger partial charge in [-0.05, 0) is 57.9 Å². The Morgan fingerprint density at radius 3 is 2.32 bits per heavy atom. The summed E-state index contributed by atoms with van der Waals surface area (Å²) >= 11 is 0. The second-order valence-electron chi connectivity index (χ2n) is 8.15. The molecule has 5 heteroatoms. The molecule has 2 N–H and O–H groups in total. The average Bonchev–Trinajstić information content (AvgIpc) is 2.51. The van der Waals surface area contributed by atoms with E-state index in [1.807, 2.05) is 13.8 Å². The number of carbonyl (C=O) groups excluding carboxylic acids is 2. The van der Waals surface area contributed by atoms with E-state index < -0.39 is 16.8 Å². The molecule has 2 aliphatic heterocycles. The van der Waals surface area contributed by atoms with E-state index in [9.17, 15) is 19.8 Å². The molecule has 2 heterocycles. The van der Waals surface area contributed by atoms with Crippen LogP contribution in [-0.2, 0) is 14.3 Å². The maximum absolute atomic E-state index is 12.4. The number of hydrogen-bond donors (Lipinski definition) is 2. The zero-order valence-corrected chi connectivity index (χ0v) is 15.7. The highest BCUT2D eigenvalue weighted by Gasteiger charge is 2.41. The van der Waals surface area contributed by atoms with Crippen LogP contribution in [0.5, 0.6) is 0 Å². The van der Waals surface area contributed by atoms with E-state index in [-0.39, 0.29) is 36.9 Å². The highest BCUT2D eigenvalue weighted by atomic mass is 16.6. The lowest BCUT2D eigenvalue weighted by molar-refractivity contribution is -0.159. The van der Waals surface area contributed by atoms with Crippen LogP contribution in [0.2, 0.25) is 0 Å². The zero-order valence-electron chi connectivity index (χ0n) is 15.7. The third kappa shape index (κ3) is 4.59. The second-order valence-corrected chi connectivity index (χ2v) is 8.15. The maximum Gasteiger partial charge on any atom is 0.334 e. The number of carbonyl (C=O) groups is 2. The van der Waals surface area contributed by atoms with Gasteiger partial charge in [-0.25, -0.2) is 4.79 Å². The molecular formula is C20H30O5. The smallest absolute Gasteiger partial charge is 0.334 e. The van der Waals surface area contributed by atoms with E-state index in [4.69, 9.17) is 4.74 Å². The van der Waals surface area contributed by atoms with Gasteiger partial charge < -0.3 is 14.9 Å². The van der Waals surface area contributed by atoms with Crippen molar-refractivity contribution in [3.05, 3.63) is 23.8 Å². The van der Waals surface area contributed by atoms with Crippen LogP contribution in [0, 0.1) is 5.92 Å². The van der Waals surface area contributed by atoms with Crippen LogP contribution >= 0.6 is 0 Å². The number of rotatable bonds is 1. The molecule has 140 valence electrons. The number of esters is 1. The lowest BCUT2D eigenvalue weighted by Crippen LogP contribution is -2.43. The maximum atomic E-state index is 12.4. The quantitative estimate of drug-likeness (QED) is 0.561. The van der Waals surface area contributed by atoms with Gasteiger partial charge in [0, 0.05) is 12.0 Å². The molecule has 1 aliphatic carbocycles. The first-order valence-electron chi connectivity index (χ1n) is 9.08. The van der Waals surface area contributed by atoms with Gasteiger partial charge in [0.1, 0.15) is 11.2 Å². The predicted octanol–water partition coefficient (Wildman–Crippen LogP) is 2.85. The minimum Gasteiger partial charge on any atom is -0.451 e. The van der Waals surface area contributed by atoms with E-state index >= 15 is 0 Å². The van der Waals surface area contributed by atoms with Crippen molar-refractivity contribution in [1.29, 1.82) is 0 Å². The van der Waals surface area contributed by atoms with Gasteiger partial charge in [-0.2, -0.15) is 0 Å². The van der Waals surface area contributed by atoms with Crippen LogP contribution in [0.15, 0.2) is 23.8 Å². The van der Waals surface area contributed by atoms with Gasteiger partial charge in [-0.3, -0.25) is 4.79 Å². The first-order valence-corrected chi connectivity index (χ1v) is 9.08. The molecule has 0 unspecified atom stereocenters. The van der Waals surface area contributed by atoms with E-state index in [0.717, 1.165) is 0 Å². The van der Waals surface area contributed by atoms with Crippen LogP contribution in [0.1, 0.15) is 66.2 Å². The lowest BCUT2D eigenvalue weighted by Gasteiger charge is -2.39. The molecule has 1 fully saturated rings. The summed E-state index contributed by atoms with van der Waals surface area (Å²) in [6, 6.07) is 0. The summed E-state index contributed by atoms with van der Waals surface area (Å²) in [4.78, 5) is 24.7. The van der Waals surface area contributed by atoms with Crippen LogP contribution in [0.4, 0.5) is 0 Å². The van der Waals surface area contributed by atoms with Gasteiger partial charge in [-0.15, -0.1) is 0 Å². The molecular weight excluding hydrogens is 320 g/mol. The Bertz CT molecular complexity index is 597. The number of hydrogen-bond acceptors (Lipinski definition) is 5. The van der Waals surface area contributed by atoms with Gasteiger partial charge in [0.2, 0.25) is 0 Å². The van der Waals surface area contributed by atoms with Crippen molar-refractivity contribution in [2.75, 3.05) is 0 Å². The summed E-state index contributed by atoms with van der Waals surface area (Å²) in [6.07, 6.45) is 7.41. The third-order valence-electron chi connectivity index (χ3n) is 5.51. The molecule has 0 aromatic rings. The van der Waals surface area contributed by atoms with Gasteiger partial charge in [0.05, 0.1) is 5.60 Å². The van der Waals surface area contributed by atoms with Crippen LogP contribution in [0.3, 0.4) is 0 Å². The molecule has 3 atom stereocenters. The zero-order chi connectivity index (χ0) is 18.9. The summed E-state index contributed by atoms with van der Waals surface area (Å²) in [5.41, 5.74) is -2.81. The molecule has 25 heavy (non-hydrogen) atoms. The number of Topliss-reactive ketones (excluding diaryl/α,β-unsaturated/α-hetero) is 1. The number of ketones is 1. The van der Waals surface area contributed by atoms with Crippen molar-refractivity contribution >= 4 is 11.8 Å². The van der Waals surface area contributed by atoms with E-state index in [0.29, 0.717) is 24.8 Å². The Hall–Kier alpha value is -1.46. The van der Waals surface area contributed by atoms with E-state index in [1.54, 1.807) is 25.2 Å². The molecule has 3 rings (SSSR count). The first kappa shape index (κ1) is 19.9. The molecule has 0 aromatic heterocycles. The standard InChI is InChI=1S/C20H30O5/c1-14(2)20-11-7-15(17(22)25-20)6-5-9-19(4,24)16(21)8-10-18(3,23)12-13-20/h6,12-14,23-24H,5,7-11H2,1-4H3/b13-12+,15-6-/t18-,19+,20-/m0/s1. The highest BCUT2D eigenvalue weighted by Crippen LogP contribution is 2.37. The van der Waals surface area contributed by atoms with Gasteiger partial charge >= 0.3 is 5.97 Å². The monoisotopic (exact) mass is 350 g/mol. The fourth-order valence-electron chi connectivity index (χ4n) is 3.33. The lowest BCUT2D eigenvalue weighted by atomic mass is 9.79. The SMILES string of the molecule is CC(C)[C@@]12/C=C/[C@@](C)(O)CCC(=O)[C@](C)(O)CC/C=C(/CC1)C(=O)O2. The van der Waals surface area contributed by atoms with Crippen molar-refractivity contribution in [3.8, 4) is 0 Å². The van der Waals surface area contributed by atoms with Crippen LogP contribution < -0.4 is 0 Å². The Balaban J connectivity index is 2.38. The molecule has 0 amide bonds. The number of aliphatic hydroxyl groups is 2. The number of fused-ring (bicyclic) bond motifs is 10. The minimum atomic E-state index is -1.46. The Morgan fingerprint density at radius 2 is 1.72 bits per heavy atom. The summed E-state index contributed by atoms with van der Waals surface area (Å²) < 4.78 is 5.78.